The molecule has 0 saturated carbocycles. The Hall–Kier alpha value is -0.610. The van der Waals surface area contributed by atoms with Gasteiger partial charge in [0.25, 0.3) is 0 Å². The van der Waals surface area contributed by atoms with Gasteiger partial charge in [-0.3, -0.25) is 4.79 Å². The quantitative estimate of drug-likeness (QED) is 0.654. The van der Waals surface area contributed by atoms with Crippen LogP contribution in [0.1, 0.15) is 6.42 Å². The highest BCUT2D eigenvalue weighted by atomic mass is 16.5. The van der Waals surface area contributed by atoms with Crippen LogP contribution in [0.4, 0.5) is 0 Å². The fourth-order valence-corrected chi connectivity index (χ4v) is 1.65. The molecule has 12 heavy (non-hydrogen) atoms. The minimum absolute atomic E-state index is 0.213. The molecule has 1 N–H and O–H groups in total. The van der Waals surface area contributed by atoms with Gasteiger partial charge in [-0.1, -0.05) is 0 Å². The highest BCUT2D eigenvalue weighted by Crippen LogP contribution is 2.21. The van der Waals surface area contributed by atoms with Crippen molar-refractivity contribution in [3.8, 4) is 0 Å². The molecule has 1 fully saturated rings. The lowest BCUT2D eigenvalue weighted by molar-refractivity contribution is -0.141. The van der Waals surface area contributed by atoms with E-state index in [1.54, 1.807) is 7.11 Å². The van der Waals surface area contributed by atoms with Gasteiger partial charge in [0.2, 0.25) is 0 Å². The van der Waals surface area contributed by atoms with E-state index in [0.29, 0.717) is 19.6 Å². The molecular weight excluding hydrogens is 158 g/mol. The zero-order valence-corrected chi connectivity index (χ0v) is 7.49. The van der Waals surface area contributed by atoms with Crippen LogP contribution in [0.15, 0.2) is 0 Å². The third-order valence-electron chi connectivity index (χ3n) is 2.40. The largest absolute Gasteiger partial charge is 0.481 e. The lowest BCUT2D eigenvalue weighted by atomic mass is 10.1. The molecule has 0 spiro atoms. The van der Waals surface area contributed by atoms with E-state index in [-0.39, 0.29) is 12.0 Å². The predicted octanol–water partition coefficient (Wildman–Crippen LogP) is 0.0377. The summed E-state index contributed by atoms with van der Waals surface area (Å²) >= 11 is 0. The van der Waals surface area contributed by atoms with Gasteiger partial charge >= 0.3 is 5.97 Å². The number of ether oxygens (including phenoxy) is 1. The van der Waals surface area contributed by atoms with Crippen molar-refractivity contribution in [2.75, 3.05) is 27.3 Å². The Balaban J connectivity index is 2.44. The molecule has 1 saturated heterocycles. The van der Waals surface area contributed by atoms with Crippen LogP contribution in [-0.2, 0) is 9.53 Å². The van der Waals surface area contributed by atoms with Crippen LogP contribution in [0.25, 0.3) is 0 Å². The summed E-state index contributed by atoms with van der Waals surface area (Å²) < 4.78 is 4.99. The van der Waals surface area contributed by atoms with Crippen LogP contribution in [0.5, 0.6) is 0 Å². The Bertz CT molecular complexity index is 172. The number of nitrogens with zero attached hydrogens (tertiary/aromatic N) is 1. The number of hydrogen-bond donors (Lipinski definition) is 1. The van der Waals surface area contributed by atoms with Gasteiger partial charge in [-0.2, -0.15) is 0 Å². The van der Waals surface area contributed by atoms with Gasteiger partial charge in [0, 0.05) is 19.7 Å². The molecule has 4 heteroatoms. The molecular formula is C8H15NO3. The second-order valence-electron chi connectivity index (χ2n) is 3.32. The minimum Gasteiger partial charge on any atom is -0.481 e. The van der Waals surface area contributed by atoms with E-state index in [1.807, 2.05) is 11.9 Å². The summed E-state index contributed by atoms with van der Waals surface area (Å²) in [5, 5.41) is 8.75. The molecule has 0 aromatic heterocycles. The fourth-order valence-electron chi connectivity index (χ4n) is 1.65. The van der Waals surface area contributed by atoms with Crippen molar-refractivity contribution < 1.29 is 14.6 Å². The number of likely N-dealkylation sites (tertiary alicyclic amines) is 1. The number of carboxylic acids is 1. The van der Waals surface area contributed by atoms with Crippen LogP contribution >= 0.6 is 0 Å². The lowest BCUT2D eigenvalue weighted by Gasteiger charge is -2.17. The molecule has 0 bridgehead atoms. The van der Waals surface area contributed by atoms with Crippen molar-refractivity contribution in [2.24, 2.45) is 5.92 Å². The Kier molecular flexibility index (Phi) is 3.05. The number of carboxylic acid groups (broad SMARTS) is 1. The molecule has 2 atom stereocenters. The third kappa shape index (κ3) is 1.95. The van der Waals surface area contributed by atoms with Gasteiger partial charge in [0.1, 0.15) is 0 Å². The normalized spacial score (nSPS) is 30.8. The van der Waals surface area contributed by atoms with E-state index in [2.05, 4.69) is 0 Å². The first kappa shape index (κ1) is 9.48. The summed E-state index contributed by atoms with van der Waals surface area (Å²) in [4.78, 5) is 12.7. The van der Waals surface area contributed by atoms with Crippen molar-refractivity contribution in [3.05, 3.63) is 0 Å². The molecule has 0 aromatic carbocycles. The number of likely N-dealkylation sites (N-methyl/N-ethyl adjacent to an activating group) is 1. The number of aliphatic carboxylic acids is 1. The molecule has 1 unspecified atom stereocenters. The first-order valence-electron chi connectivity index (χ1n) is 4.07. The van der Waals surface area contributed by atoms with Crippen molar-refractivity contribution in [1.82, 2.24) is 4.90 Å². The van der Waals surface area contributed by atoms with Crippen molar-refractivity contribution in [1.29, 1.82) is 0 Å². The number of rotatable bonds is 3. The van der Waals surface area contributed by atoms with Gasteiger partial charge in [-0.25, -0.2) is 0 Å². The molecule has 70 valence electrons. The number of methoxy groups -OCH3 is 1. The Morgan fingerprint density at radius 1 is 1.75 bits per heavy atom. The van der Waals surface area contributed by atoms with Crippen LogP contribution in [0.3, 0.4) is 0 Å². The van der Waals surface area contributed by atoms with Gasteiger partial charge in [0.05, 0.1) is 12.5 Å². The van der Waals surface area contributed by atoms with Crippen molar-refractivity contribution >= 4 is 5.97 Å². The highest BCUT2D eigenvalue weighted by Gasteiger charge is 2.33. The molecule has 0 aliphatic carbocycles. The zero-order valence-electron chi connectivity index (χ0n) is 7.49. The van der Waals surface area contributed by atoms with Gasteiger partial charge < -0.3 is 14.7 Å². The van der Waals surface area contributed by atoms with Crippen LogP contribution in [-0.4, -0.2) is 49.3 Å². The van der Waals surface area contributed by atoms with Crippen LogP contribution in [0.2, 0.25) is 0 Å². The Morgan fingerprint density at radius 2 is 2.42 bits per heavy atom. The van der Waals surface area contributed by atoms with E-state index in [9.17, 15) is 4.79 Å². The standard InChI is InChI=1S/C8H15NO3/c1-9-4-6(8(10)11)3-7(9)5-12-2/h6-7H,3-5H2,1-2H3,(H,10,11)/t6-,7?/m1/s1. The average molecular weight is 173 g/mol. The Morgan fingerprint density at radius 3 is 2.83 bits per heavy atom. The molecule has 0 radical (unpaired) electrons. The second kappa shape index (κ2) is 3.87. The Labute approximate surface area is 72.1 Å². The van der Waals surface area contributed by atoms with E-state index in [4.69, 9.17) is 9.84 Å². The smallest absolute Gasteiger partial charge is 0.307 e. The zero-order chi connectivity index (χ0) is 9.14. The molecule has 4 nitrogen and oxygen atoms in total. The molecule has 0 aromatic rings. The molecule has 1 aliphatic heterocycles. The maximum atomic E-state index is 10.6. The maximum absolute atomic E-state index is 10.6. The minimum atomic E-state index is -0.694. The van der Waals surface area contributed by atoms with Gasteiger partial charge in [0.15, 0.2) is 0 Å². The summed E-state index contributed by atoms with van der Waals surface area (Å²) in [5.41, 5.74) is 0. The summed E-state index contributed by atoms with van der Waals surface area (Å²) in [7, 11) is 3.58. The number of hydrogen-bond acceptors (Lipinski definition) is 3. The van der Waals surface area contributed by atoms with Crippen LogP contribution in [0, 0.1) is 5.92 Å². The van der Waals surface area contributed by atoms with E-state index < -0.39 is 5.97 Å². The molecule has 1 aliphatic rings. The molecule has 1 heterocycles. The topological polar surface area (TPSA) is 49.8 Å². The van der Waals surface area contributed by atoms with E-state index in [0.717, 1.165) is 0 Å². The summed E-state index contributed by atoms with van der Waals surface area (Å²) in [6, 6.07) is 0.274. The number of carbonyl (C=O) groups is 1. The predicted molar refractivity (Wildman–Crippen MR) is 44.0 cm³/mol. The maximum Gasteiger partial charge on any atom is 0.307 e. The highest BCUT2D eigenvalue weighted by molar-refractivity contribution is 5.70. The fraction of sp³-hybridized carbons (Fsp3) is 0.875. The average Bonchev–Trinajstić information content (AvgIpc) is 2.34. The third-order valence-corrected chi connectivity index (χ3v) is 2.40. The summed E-state index contributed by atoms with van der Waals surface area (Å²) in [6.07, 6.45) is 0.708. The first-order chi connectivity index (χ1) is 5.65. The van der Waals surface area contributed by atoms with E-state index >= 15 is 0 Å². The first-order valence-corrected chi connectivity index (χ1v) is 4.07. The van der Waals surface area contributed by atoms with Gasteiger partial charge in [-0.15, -0.1) is 0 Å². The van der Waals surface area contributed by atoms with Crippen molar-refractivity contribution in [2.45, 2.75) is 12.5 Å². The van der Waals surface area contributed by atoms with E-state index in [1.165, 1.54) is 0 Å². The van der Waals surface area contributed by atoms with Gasteiger partial charge in [-0.05, 0) is 13.5 Å². The summed E-state index contributed by atoms with van der Waals surface area (Å²) in [6.45, 7) is 1.27. The summed E-state index contributed by atoms with van der Waals surface area (Å²) in [5.74, 6) is -0.907. The SMILES string of the molecule is COCC1C[C@@H](C(=O)O)CN1C. The van der Waals surface area contributed by atoms with Crippen LogP contribution < -0.4 is 0 Å². The second-order valence-corrected chi connectivity index (χ2v) is 3.32. The molecule has 1 rings (SSSR count). The monoisotopic (exact) mass is 173 g/mol. The lowest BCUT2D eigenvalue weighted by Crippen LogP contribution is -2.28. The van der Waals surface area contributed by atoms with Crippen molar-refractivity contribution in [3.63, 3.8) is 0 Å². The molecule has 0 amide bonds.